The molecule has 1 atom stereocenters. The zero-order chi connectivity index (χ0) is 15.5. The van der Waals surface area contributed by atoms with Crippen LogP contribution in [0.1, 0.15) is 22.7 Å². The molecule has 0 aliphatic carbocycles. The number of nitrogens with one attached hydrogen (secondary N) is 1. The molecular formula is C18H21NO3. The summed E-state index contributed by atoms with van der Waals surface area (Å²) in [6, 6.07) is 12.2. The lowest BCUT2D eigenvalue weighted by atomic mass is 9.89. The first-order chi connectivity index (χ1) is 10.7. The molecule has 0 saturated carbocycles. The van der Waals surface area contributed by atoms with Crippen LogP contribution >= 0.6 is 0 Å². The first-order valence-corrected chi connectivity index (χ1v) is 7.48. The maximum atomic E-state index is 10.3. The highest BCUT2D eigenvalue weighted by molar-refractivity contribution is 5.52. The van der Waals surface area contributed by atoms with Crippen LogP contribution in [0.15, 0.2) is 36.4 Å². The van der Waals surface area contributed by atoms with Crippen molar-refractivity contribution in [1.29, 1.82) is 0 Å². The van der Waals surface area contributed by atoms with E-state index in [0.717, 1.165) is 36.3 Å². The van der Waals surface area contributed by atoms with Gasteiger partial charge in [-0.25, -0.2) is 0 Å². The van der Waals surface area contributed by atoms with Crippen LogP contribution in [-0.2, 0) is 12.8 Å². The molecule has 1 aliphatic rings. The van der Waals surface area contributed by atoms with Crippen LogP contribution in [-0.4, -0.2) is 25.9 Å². The Bertz CT molecular complexity index is 652. The SMILES string of the molecule is COc1ccc(C[C@@H]2NCCc3c2ccc(OC)c3O)cc1. The number of rotatable bonds is 4. The van der Waals surface area contributed by atoms with Crippen LogP contribution in [0.4, 0.5) is 0 Å². The molecule has 4 nitrogen and oxygen atoms in total. The maximum Gasteiger partial charge on any atom is 0.161 e. The number of methoxy groups -OCH3 is 2. The lowest BCUT2D eigenvalue weighted by Gasteiger charge is -2.28. The van der Waals surface area contributed by atoms with Gasteiger partial charge >= 0.3 is 0 Å². The van der Waals surface area contributed by atoms with Crippen molar-refractivity contribution < 1.29 is 14.6 Å². The van der Waals surface area contributed by atoms with Gasteiger partial charge in [-0.3, -0.25) is 0 Å². The molecule has 3 rings (SSSR count). The van der Waals surface area contributed by atoms with Crippen molar-refractivity contribution in [1.82, 2.24) is 5.32 Å². The summed E-state index contributed by atoms with van der Waals surface area (Å²) in [5.74, 6) is 1.69. The monoisotopic (exact) mass is 299 g/mol. The molecule has 0 saturated heterocycles. The van der Waals surface area contributed by atoms with Gasteiger partial charge in [-0.05, 0) is 48.7 Å². The predicted octanol–water partition coefficient (Wildman–Crippen LogP) is 2.84. The van der Waals surface area contributed by atoms with Crippen molar-refractivity contribution in [2.75, 3.05) is 20.8 Å². The Labute approximate surface area is 130 Å². The molecule has 0 unspecified atom stereocenters. The van der Waals surface area contributed by atoms with Crippen molar-refractivity contribution >= 4 is 0 Å². The highest BCUT2D eigenvalue weighted by Gasteiger charge is 2.24. The van der Waals surface area contributed by atoms with Crippen LogP contribution in [0.3, 0.4) is 0 Å². The Morgan fingerprint density at radius 3 is 2.55 bits per heavy atom. The molecule has 1 heterocycles. The van der Waals surface area contributed by atoms with Gasteiger partial charge in [0.25, 0.3) is 0 Å². The van der Waals surface area contributed by atoms with Crippen LogP contribution < -0.4 is 14.8 Å². The summed E-state index contributed by atoms with van der Waals surface area (Å²) in [6.07, 6.45) is 1.69. The van der Waals surface area contributed by atoms with E-state index in [9.17, 15) is 5.11 Å². The third-order valence-corrected chi connectivity index (χ3v) is 4.24. The van der Waals surface area contributed by atoms with Gasteiger partial charge in [0, 0.05) is 11.6 Å². The van der Waals surface area contributed by atoms with Gasteiger partial charge < -0.3 is 19.9 Å². The van der Waals surface area contributed by atoms with E-state index in [1.807, 2.05) is 24.3 Å². The van der Waals surface area contributed by atoms with E-state index < -0.39 is 0 Å². The average Bonchev–Trinajstić information content (AvgIpc) is 2.56. The summed E-state index contributed by atoms with van der Waals surface area (Å²) >= 11 is 0. The molecule has 22 heavy (non-hydrogen) atoms. The molecule has 116 valence electrons. The summed E-state index contributed by atoms with van der Waals surface area (Å²) in [5, 5.41) is 13.9. The molecule has 0 aromatic heterocycles. The van der Waals surface area contributed by atoms with Gasteiger partial charge in [0.1, 0.15) is 5.75 Å². The zero-order valence-electron chi connectivity index (χ0n) is 12.9. The van der Waals surface area contributed by atoms with E-state index in [0.29, 0.717) is 5.75 Å². The van der Waals surface area contributed by atoms with E-state index in [-0.39, 0.29) is 11.8 Å². The Balaban J connectivity index is 1.86. The second-order valence-electron chi connectivity index (χ2n) is 5.49. The summed E-state index contributed by atoms with van der Waals surface area (Å²) in [5.41, 5.74) is 3.39. The van der Waals surface area contributed by atoms with Crippen molar-refractivity contribution in [3.8, 4) is 17.2 Å². The number of ether oxygens (including phenoxy) is 2. The van der Waals surface area contributed by atoms with Crippen molar-refractivity contribution in [3.05, 3.63) is 53.1 Å². The number of hydrogen-bond donors (Lipinski definition) is 2. The minimum atomic E-state index is 0.203. The molecule has 0 fully saturated rings. The minimum absolute atomic E-state index is 0.203. The summed E-state index contributed by atoms with van der Waals surface area (Å²) in [4.78, 5) is 0. The van der Waals surface area contributed by atoms with E-state index in [4.69, 9.17) is 9.47 Å². The highest BCUT2D eigenvalue weighted by atomic mass is 16.5. The number of phenolic OH excluding ortho intramolecular Hbond substituents is 1. The topological polar surface area (TPSA) is 50.7 Å². The largest absolute Gasteiger partial charge is 0.504 e. The number of phenols is 1. The quantitative estimate of drug-likeness (QED) is 0.911. The molecule has 0 bridgehead atoms. The lowest BCUT2D eigenvalue weighted by molar-refractivity contribution is 0.365. The third-order valence-electron chi connectivity index (χ3n) is 4.24. The fourth-order valence-corrected chi connectivity index (χ4v) is 3.05. The van der Waals surface area contributed by atoms with Crippen molar-refractivity contribution in [2.45, 2.75) is 18.9 Å². The smallest absolute Gasteiger partial charge is 0.161 e. The van der Waals surface area contributed by atoms with Gasteiger partial charge in [-0.2, -0.15) is 0 Å². The van der Waals surface area contributed by atoms with E-state index >= 15 is 0 Å². The van der Waals surface area contributed by atoms with Gasteiger partial charge in [-0.1, -0.05) is 18.2 Å². The van der Waals surface area contributed by atoms with Gasteiger partial charge in [0.05, 0.1) is 14.2 Å². The third kappa shape index (κ3) is 2.74. The molecule has 0 amide bonds. The first kappa shape index (κ1) is 14.7. The standard InChI is InChI=1S/C18H21NO3/c1-21-13-5-3-12(4-6-13)11-16-14-7-8-17(22-2)18(20)15(14)9-10-19-16/h3-8,16,19-20H,9-11H2,1-2H3/t16-/m0/s1. The van der Waals surface area contributed by atoms with Crippen molar-refractivity contribution in [2.24, 2.45) is 0 Å². The fourth-order valence-electron chi connectivity index (χ4n) is 3.05. The lowest BCUT2D eigenvalue weighted by Crippen LogP contribution is -2.31. The van der Waals surface area contributed by atoms with Crippen molar-refractivity contribution in [3.63, 3.8) is 0 Å². The van der Waals surface area contributed by atoms with E-state index in [1.165, 1.54) is 5.56 Å². The zero-order valence-corrected chi connectivity index (χ0v) is 12.9. The van der Waals surface area contributed by atoms with Crippen LogP contribution in [0.5, 0.6) is 17.2 Å². The maximum absolute atomic E-state index is 10.3. The molecule has 4 heteroatoms. The second-order valence-corrected chi connectivity index (χ2v) is 5.49. The Morgan fingerprint density at radius 1 is 1.09 bits per heavy atom. The average molecular weight is 299 g/mol. The van der Waals surface area contributed by atoms with Gasteiger partial charge in [0.15, 0.2) is 11.5 Å². The number of aromatic hydroxyl groups is 1. The summed E-state index contributed by atoms with van der Waals surface area (Å²) in [6.45, 7) is 0.856. The molecule has 0 radical (unpaired) electrons. The second kappa shape index (κ2) is 6.28. The Kier molecular flexibility index (Phi) is 4.20. The first-order valence-electron chi connectivity index (χ1n) is 7.48. The molecule has 0 spiro atoms. The normalized spacial score (nSPS) is 16.9. The molecule has 2 aromatic carbocycles. The Morgan fingerprint density at radius 2 is 1.86 bits per heavy atom. The van der Waals surface area contributed by atoms with E-state index in [1.54, 1.807) is 14.2 Å². The Hall–Kier alpha value is -2.20. The van der Waals surface area contributed by atoms with Crippen LogP contribution in [0.2, 0.25) is 0 Å². The highest BCUT2D eigenvalue weighted by Crippen LogP contribution is 2.37. The summed E-state index contributed by atoms with van der Waals surface area (Å²) < 4.78 is 10.4. The molecule has 2 aromatic rings. The van der Waals surface area contributed by atoms with E-state index in [2.05, 4.69) is 17.4 Å². The van der Waals surface area contributed by atoms with Gasteiger partial charge in [0.2, 0.25) is 0 Å². The van der Waals surface area contributed by atoms with Crippen LogP contribution in [0.25, 0.3) is 0 Å². The molecule has 2 N–H and O–H groups in total. The molecule has 1 aliphatic heterocycles. The number of hydrogen-bond acceptors (Lipinski definition) is 4. The van der Waals surface area contributed by atoms with Crippen LogP contribution in [0, 0.1) is 0 Å². The van der Waals surface area contributed by atoms with Gasteiger partial charge in [-0.15, -0.1) is 0 Å². The summed E-state index contributed by atoms with van der Waals surface area (Å²) in [7, 11) is 3.25. The number of benzene rings is 2. The minimum Gasteiger partial charge on any atom is -0.504 e. The molecular weight excluding hydrogens is 278 g/mol. The fraction of sp³-hybridized carbons (Fsp3) is 0.333. The number of fused-ring (bicyclic) bond motifs is 1. The predicted molar refractivity (Wildman–Crippen MR) is 85.8 cm³/mol.